The first-order chi connectivity index (χ1) is 12.0. The van der Waals surface area contributed by atoms with Gasteiger partial charge in [-0.15, -0.1) is 0 Å². The van der Waals surface area contributed by atoms with Crippen molar-refractivity contribution in [3.63, 3.8) is 0 Å². The van der Waals surface area contributed by atoms with Crippen LogP contribution < -0.4 is 0 Å². The quantitative estimate of drug-likeness (QED) is 0.527. The number of fused-ring (bicyclic) bond motifs is 1. The third-order valence-corrected chi connectivity index (χ3v) is 4.64. The fraction of sp³-hybridized carbons (Fsp3) is 0.0952. The van der Waals surface area contributed by atoms with E-state index in [1.165, 1.54) is 11.1 Å². The summed E-state index contributed by atoms with van der Waals surface area (Å²) in [6.45, 7) is 4.19. The Balaban J connectivity index is 1.71. The Bertz CT molecular complexity index is 1080. The lowest BCUT2D eigenvalue weighted by molar-refractivity contribution is 0.0697. The van der Waals surface area contributed by atoms with Crippen LogP contribution in [0.4, 0.5) is 0 Å². The monoisotopic (exact) mass is 331 g/mol. The highest BCUT2D eigenvalue weighted by molar-refractivity contribution is 5.88. The number of carboxylic acids is 1. The van der Waals surface area contributed by atoms with Gasteiger partial charge in [-0.05, 0) is 66.9 Å². The van der Waals surface area contributed by atoms with Gasteiger partial charge < -0.3 is 14.5 Å². The molecule has 25 heavy (non-hydrogen) atoms. The molecular weight excluding hydrogens is 314 g/mol. The van der Waals surface area contributed by atoms with E-state index in [0.29, 0.717) is 0 Å². The standard InChI is InChI=1S/C21H17NO3/c1-12-3-10-19-16(13(12)2)11-20(25-19)18-9-8-17(22-18)14-4-6-15(7-5-14)21(23)24/h3-11,22H,1-2H3,(H,23,24). The first kappa shape index (κ1) is 15.3. The zero-order chi connectivity index (χ0) is 17.6. The zero-order valence-corrected chi connectivity index (χ0v) is 14.0. The number of carboxylic acid groups (broad SMARTS) is 1. The van der Waals surface area contributed by atoms with Crippen molar-refractivity contribution >= 4 is 16.9 Å². The molecule has 0 aliphatic heterocycles. The largest absolute Gasteiger partial charge is 0.478 e. The van der Waals surface area contributed by atoms with Crippen molar-refractivity contribution in [1.82, 2.24) is 4.98 Å². The predicted molar refractivity (Wildman–Crippen MR) is 97.9 cm³/mol. The number of aromatic amines is 1. The van der Waals surface area contributed by atoms with Gasteiger partial charge in [-0.2, -0.15) is 0 Å². The van der Waals surface area contributed by atoms with Crippen molar-refractivity contribution in [2.75, 3.05) is 0 Å². The Labute approximate surface area is 144 Å². The number of aromatic carboxylic acids is 1. The van der Waals surface area contributed by atoms with Crippen LogP contribution in [0.2, 0.25) is 0 Å². The molecular formula is C21H17NO3. The maximum atomic E-state index is 11.0. The molecule has 0 spiro atoms. The van der Waals surface area contributed by atoms with E-state index in [0.717, 1.165) is 33.7 Å². The normalized spacial score (nSPS) is 11.1. The van der Waals surface area contributed by atoms with Crippen LogP contribution in [0.3, 0.4) is 0 Å². The number of benzene rings is 2. The number of hydrogen-bond donors (Lipinski definition) is 2. The van der Waals surface area contributed by atoms with Crippen LogP contribution in [0.15, 0.2) is 59.0 Å². The number of carbonyl (C=O) groups is 1. The van der Waals surface area contributed by atoms with E-state index in [2.05, 4.69) is 31.0 Å². The minimum absolute atomic E-state index is 0.277. The topological polar surface area (TPSA) is 66.2 Å². The molecule has 0 radical (unpaired) electrons. The summed E-state index contributed by atoms with van der Waals surface area (Å²) >= 11 is 0. The third-order valence-electron chi connectivity index (χ3n) is 4.64. The van der Waals surface area contributed by atoms with Gasteiger partial charge in [0.05, 0.1) is 11.3 Å². The van der Waals surface area contributed by atoms with Crippen LogP contribution in [0, 0.1) is 13.8 Å². The number of furan rings is 1. The van der Waals surface area contributed by atoms with Crippen molar-refractivity contribution in [2.45, 2.75) is 13.8 Å². The van der Waals surface area contributed by atoms with Crippen LogP contribution in [0.1, 0.15) is 21.5 Å². The molecule has 124 valence electrons. The average Bonchev–Trinajstić information content (AvgIpc) is 3.25. The molecule has 4 aromatic rings. The highest BCUT2D eigenvalue weighted by atomic mass is 16.4. The summed E-state index contributed by atoms with van der Waals surface area (Å²) in [5.41, 5.74) is 6.36. The summed E-state index contributed by atoms with van der Waals surface area (Å²) in [5, 5.41) is 10.1. The number of aryl methyl sites for hydroxylation is 2. The van der Waals surface area contributed by atoms with Crippen LogP contribution in [-0.4, -0.2) is 16.1 Å². The smallest absolute Gasteiger partial charge is 0.335 e. The summed E-state index contributed by atoms with van der Waals surface area (Å²) < 4.78 is 5.98. The molecule has 0 atom stereocenters. The van der Waals surface area contributed by atoms with E-state index in [-0.39, 0.29) is 5.56 Å². The van der Waals surface area contributed by atoms with Gasteiger partial charge >= 0.3 is 5.97 Å². The first-order valence-corrected chi connectivity index (χ1v) is 8.06. The SMILES string of the molecule is Cc1ccc2oc(-c3ccc(-c4ccc(C(=O)O)cc4)[nH]3)cc2c1C. The highest BCUT2D eigenvalue weighted by Crippen LogP contribution is 2.32. The molecule has 2 aromatic heterocycles. The fourth-order valence-corrected chi connectivity index (χ4v) is 2.99. The minimum atomic E-state index is -0.924. The van der Waals surface area contributed by atoms with Crippen molar-refractivity contribution in [1.29, 1.82) is 0 Å². The van der Waals surface area contributed by atoms with Gasteiger partial charge in [0.25, 0.3) is 0 Å². The predicted octanol–water partition coefficient (Wildman–Crippen LogP) is 5.41. The van der Waals surface area contributed by atoms with E-state index in [1.807, 2.05) is 18.2 Å². The Morgan fingerprint density at radius 3 is 2.40 bits per heavy atom. The molecule has 0 unspecified atom stereocenters. The van der Waals surface area contributed by atoms with Gasteiger partial charge in [-0.25, -0.2) is 4.79 Å². The zero-order valence-electron chi connectivity index (χ0n) is 14.0. The van der Waals surface area contributed by atoms with E-state index in [4.69, 9.17) is 9.52 Å². The van der Waals surface area contributed by atoms with Crippen LogP contribution in [0.25, 0.3) is 33.7 Å². The third kappa shape index (κ3) is 2.62. The maximum Gasteiger partial charge on any atom is 0.335 e. The summed E-state index contributed by atoms with van der Waals surface area (Å²) in [5.74, 6) is -0.135. The Morgan fingerprint density at radius 2 is 1.68 bits per heavy atom. The molecule has 0 fully saturated rings. The molecule has 0 saturated carbocycles. The Kier molecular flexibility index (Phi) is 3.46. The molecule has 4 rings (SSSR count). The molecule has 0 amide bonds. The number of H-pyrrole nitrogens is 1. The lowest BCUT2D eigenvalue weighted by atomic mass is 10.1. The summed E-state index contributed by atoms with van der Waals surface area (Å²) in [6.07, 6.45) is 0. The Hall–Kier alpha value is -3.27. The average molecular weight is 331 g/mol. The van der Waals surface area contributed by atoms with Crippen molar-refractivity contribution < 1.29 is 14.3 Å². The summed E-state index contributed by atoms with van der Waals surface area (Å²) in [4.78, 5) is 14.3. The number of aromatic nitrogens is 1. The van der Waals surface area contributed by atoms with E-state index in [1.54, 1.807) is 24.3 Å². The molecule has 0 bridgehead atoms. The number of hydrogen-bond acceptors (Lipinski definition) is 2. The fourth-order valence-electron chi connectivity index (χ4n) is 2.99. The van der Waals surface area contributed by atoms with Crippen molar-refractivity contribution in [3.05, 3.63) is 71.3 Å². The lowest BCUT2D eigenvalue weighted by Gasteiger charge is -1.99. The molecule has 0 aliphatic carbocycles. The molecule has 2 N–H and O–H groups in total. The second-order valence-electron chi connectivity index (χ2n) is 6.20. The van der Waals surface area contributed by atoms with E-state index in [9.17, 15) is 4.79 Å². The van der Waals surface area contributed by atoms with Gasteiger partial charge in [-0.3, -0.25) is 0 Å². The van der Waals surface area contributed by atoms with Gasteiger partial charge in [0.15, 0.2) is 5.76 Å². The molecule has 2 heterocycles. The van der Waals surface area contributed by atoms with Crippen LogP contribution >= 0.6 is 0 Å². The second kappa shape index (κ2) is 5.67. The highest BCUT2D eigenvalue weighted by Gasteiger charge is 2.12. The van der Waals surface area contributed by atoms with Gasteiger partial charge in [-0.1, -0.05) is 18.2 Å². The second-order valence-corrected chi connectivity index (χ2v) is 6.20. The van der Waals surface area contributed by atoms with Gasteiger partial charge in [0.2, 0.25) is 0 Å². The molecule has 0 saturated heterocycles. The molecule has 2 aromatic carbocycles. The molecule has 4 nitrogen and oxygen atoms in total. The van der Waals surface area contributed by atoms with Crippen molar-refractivity contribution in [3.8, 4) is 22.7 Å². The summed E-state index contributed by atoms with van der Waals surface area (Å²) in [7, 11) is 0. The number of nitrogens with one attached hydrogen (secondary N) is 1. The maximum absolute atomic E-state index is 11.0. The Morgan fingerprint density at radius 1 is 0.960 bits per heavy atom. The van der Waals surface area contributed by atoms with E-state index < -0.39 is 5.97 Å². The van der Waals surface area contributed by atoms with Crippen LogP contribution in [0.5, 0.6) is 0 Å². The summed E-state index contributed by atoms with van der Waals surface area (Å²) in [6, 6.07) is 16.9. The lowest BCUT2D eigenvalue weighted by Crippen LogP contribution is -1.94. The minimum Gasteiger partial charge on any atom is -0.478 e. The van der Waals surface area contributed by atoms with Crippen molar-refractivity contribution in [2.24, 2.45) is 0 Å². The van der Waals surface area contributed by atoms with Gasteiger partial charge in [0.1, 0.15) is 5.58 Å². The van der Waals surface area contributed by atoms with Gasteiger partial charge in [0, 0.05) is 11.1 Å². The molecule has 4 heteroatoms. The first-order valence-electron chi connectivity index (χ1n) is 8.06. The molecule has 0 aliphatic rings. The number of rotatable bonds is 3. The van der Waals surface area contributed by atoms with E-state index >= 15 is 0 Å². The van der Waals surface area contributed by atoms with Crippen LogP contribution in [-0.2, 0) is 0 Å².